The monoisotopic (exact) mass is 461 g/mol. The zero-order valence-corrected chi connectivity index (χ0v) is 18.6. The third-order valence-corrected chi connectivity index (χ3v) is 5.02. The van der Waals surface area contributed by atoms with E-state index in [-0.39, 0.29) is 18.8 Å². The van der Waals surface area contributed by atoms with Gasteiger partial charge in [-0.2, -0.15) is 0 Å². The Morgan fingerprint density at radius 3 is 2.33 bits per heavy atom. The molecular weight excluding hydrogens is 430 g/mol. The van der Waals surface area contributed by atoms with Crippen LogP contribution in [0.25, 0.3) is 10.9 Å². The van der Waals surface area contributed by atoms with Crippen molar-refractivity contribution in [2.45, 2.75) is 44.8 Å². The number of aromatic amines is 1. The van der Waals surface area contributed by atoms with E-state index in [4.69, 9.17) is 10.8 Å². The van der Waals surface area contributed by atoms with Crippen LogP contribution < -0.4 is 21.7 Å². The number of H-pyrrole nitrogens is 1. The van der Waals surface area contributed by atoms with E-state index in [1.807, 2.05) is 38.1 Å². The lowest BCUT2D eigenvalue weighted by atomic mass is 10.0. The lowest BCUT2D eigenvalue weighted by molar-refractivity contribution is -0.138. The van der Waals surface area contributed by atoms with Gasteiger partial charge < -0.3 is 36.9 Å². The average molecular weight is 462 g/mol. The Balaban J connectivity index is 2.25. The van der Waals surface area contributed by atoms with E-state index in [1.165, 1.54) is 0 Å². The number of nitrogens with one attached hydrogen (secondary N) is 4. The largest absolute Gasteiger partial charge is 0.480 e. The zero-order chi connectivity index (χ0) is 24.5. The first-order valence-corrected chi connectivity index (χ1v) is 10.6. The molecule has 0 radical (unpaired) electrons. The molecule has 33 heavy (non-hydrogen) atoms. The van der Waals surface area contributed by atoms with Crippen molar-refractivity contribution in [1.82, 2.24) is 20.9 Å². The Morgan fingerprint density at radius 2 is 1.70 bits per heavy atom. The first-order valence-electron chi connectivity index (χ1n) is 10.6. The fourth-order valence-corrected chi connectivity index (χ4v) is 3.35. The van der Waals surface area contributed by atoms with Crippen molar-refractivity contribution in [2.75, 3.05) is 13.2 Å². The molecular formula is C22H31N5O6. The minimum Gasteiger partial charge on any atom is -0.480 e. The second-order valence-corrected chi connectivity index (χ2v) is 8.22. The number of hydrogen-bond donors (Lipinski definition) is 7. The van der Waals surface area contributed by atoms with Crippen LogP contribution in [0.4, 0.5) is 0 Å². The Hall–Kier alpha value is -3.44. The number of aromatic nitrogens is 1. The molecule has 11 heteroatoms. The van der Waals surface area contributed by atoms with Crippen LogP contribution in [-0.2, 0) is 25.6 Å². The predicted octanol–water partition coefficient (Wildman–Crippen LogP) is -0.753. The second kappa shape index (κ2) is 12.0. The highest BCUT2D eigenvalue weighted by Gasteiger charge is 2.29. The minimum atomic E-state index is -1.21. The summed E-state index contributed by atoms with van der Waals surface area (Å²) in [6.07, 6.45) is 2.10. The summed E-state index contributed by atoms with van der Waals surface area (Å²) in [6.45, 7) is 2.54. The SMILES string of the molecule is CC(C)CC(NC(=O)C(Cc1c[nH]c2ccccc12)NC(=O)C(N)CO)C(=O)NCC(=O)O. The quantitative estimate of drug-likeness (QED) is 0.216. The van der Waals surface area contributed by atoms with E-state index < -0.39 is 55.0 Å². The van der Waals surface area contributed by atoms with Crippen molar-refractivity contribution >= 4 is 34.6 Å². The van der Waals surface area contributed by atoms with Crippen LogP contribution in [0.1, 0.15) is 25.8 Å². The molecule has 0 spiro atoms. The molecule has 180 valence electrons. The van der Waals surface area contributed by atoms with Gasteiger partial charge in [0.05, 0.1) is 6.61 Å². The molecule has 0 aliphatic carbocycles. The van der Waals surface area contributed by atoms with Gasteiger partial charge in [0, 0.05) is 23.5 Å². The Bertz CT molecular complexity index is 989. The fraction of sp³-hybridized carbons (Fsp3) is 0.455. The first kappa shape index (κ1) is 25.8. The van der Waals surface area contributed by atoms with E-state index >= 15 is 0 Å². The van der Waals surface area contributed by atoms with E-state index in [9.17, 15) is 24.3 Å². The van der Waals surface area contributed by atoms with Gasteiger partial charge in [-0.3, -0.25) is 19.2 Å². The standard InChI is InChI=1S/C22H31N5O6/c1-12(2)7-17(21(32)25-10-19(29)30)27-22(33)18(26-20(31)15(23)11-28)8-13-9-24-16-6-4-3-5-14(13)16/h3-6,9,12,15,17-18,24,28H,7-8,10-11,23H2,1-2H3,(H,25,32)(H,26,31)(H,27,33)(H,29,30). The molecule has 1 aromatic carbocycles. The maximum absolute atomic E-state index is 13.2. The molecule has 8 N–H and O–H groups in total. The Morgan fingerprint density at radius 1 is 1.03 bits per heavy atom. The maximum Gasteiger partial charge on any atom is 0.322 e. The highest BCUT2D eigenvalue weighted by atomic mass is 16.4. The zero-order valence-electron chi connectivity index (χ0n) is 18.6. The van der Waals surface area contributed by atoms with Gasteiger partial charge in [-0.05, 0) is 24.0 Å². The third-order valence-electron chi connectivity index (χ3n) is 5.02. The summed E-state index contributed by atoms with van der Waals surface area (Å²) < 4.78 is 0. The molecule has 11 nitrogen and oxygen atoms in total. The van der Waals surface area contributed by atoms with Crippen LogP contribution in [0.5, 0.6) is 0 Å². The van der Waals surface area contributed by atoms with Crippen LogP contribution in [-0.4, -0.2) is 70.2 Å². The number of hydrogen-bond acceptors (Lipinski definition) is 6. The molecule has 0 saturated heterocycles. The third kappa shape index (κ3) is 7.58. The average Bonchev–Trinajstić information content (AvgIpc) is 3.18. The molecule has 3 amide bonds. The molecule has 2 rings (SSSR count). The van der Waals surface area contributed by atoms with Crippen LogP contribution in [0, 0.1) is 5.92 Å². The summed E-state index contributed by atoms with van der Waals surface area (Å²) in [6, 6.07) is 4.16. The summed E-state index contributed by atoms with van der Waals surface area (Å²) >= 11 is 0. The van der Waals surface area contributed by atoms with E-state index in [1.54, 1.807) is 6.20 Å². The summed E-state index contributed by atoms with van der Waals surface area (Å²) in [5.74, 6) is -3.16. The number of nitrogens with two attached hydrogens (primary N) is 1. The Labute approximate surface area is 191 Å². The normalized spacial score (nSPS) is 13.8. The number of aliphatic carboxylic acids is 1. The number of rotatable bonds is 12. The van der Waals surface area contributed by atoms with Gasteiger partial charge in [0.2, 0.25) is 17.7 Å². The van der Waals surface area contributed by atoms with Crippen molar-refractivity contribution in [3.05, 3.63) is 36.0 Å². The van der Waals surface area contributed by atoms with Gasteiger partial charge in [-0.15, -0.1) is 0 Å². The smallest absolute Gasteiger partial charge is 0.322 e. The van der Waals surface area contributed by atoms with E-state index in [0.717, 1.165) is 16.5 Å². The van der Waals surface area contributed by atoms with Gasteiger partial charge in [-0.25, -0.2) is 0 Å². The molecule has 0 bridgehead atoms. The van der Waals surface area contributed by atoms with Crippen LogP contribution >= 0.6 is 0 Å². The summed E-state index contributed by atoms with van der Waals surface area (Å²) in [7, 11) is 0. The maximum atomic E-state index is 13.2. The first-order chi connectivity index (χ1) is 15.6. The fourth-order valence-electron chi connectivity index (χ4n) is 3.35. The number of amides is 3. The van der Waals surface area contributed by atoms with Gasteiger partial charge in [0.15, 0.2) is 0 Å². The molecule has 1 heterocycles. The Kier molecular flexibility index (Phi) is 9.37. The van der Waals surface area contributed by atoms with E-state index in [0.29, 0.717) is 0 Å². The molecule has 0 saturated carbocycles. The lowest BCUT2D eigenvalue weighted by Gasteiger charge is -2.24. The number of para-hydroxylation sites is 1. The molecule has 3 unspecified atom stereocenters. The summed E-state index contributed by atoms with van der Waals surface area (Å²) in [5.41, 5.74) is 7.21. The number of carboxylic acids is 1. The van der Waals surface area contributed by atoms with Gasteiger partial charge in [-0.1, -0.05) is 32.0 Å². The lowest BCUT2D eigenvalue weighted by Crippen LogP contribution is -2.57. The number of fused-ring (bicyclic) bond motifs is 1. The number of carbonyl (C=O) groups excluding carboxylic acids is 3. The number of carboxylic acid groups (broad SMARTS) is 1. The molecule has 3 atom stereocenters. The van der Waals surface area contributed by atoms with E-state index in [2.05, 4.69) is 20.9 Å². The topological polar surface area (TPSA) is 187 Å². The minimum absolute atomic E-state index is 0.0235. The highest BCUT2D eigenvalue weighted by Crippen LogP contribution is 2.19. The summed E-state index contributed by atoms with van der Waals surface area (Å²) in [5, 5.41) is 26.3. The van der Waals surface area contributed by atoms with Crippen molar-refractivity contribution < 1.29 is 29.4 Å². The van der Waals surface area contributed by atoms with Gasteiger partial charge in [0.25, 0.3) is 0 Å². The predicted molar refractivity (Wildman–Crippen MR) is 121 cm³/mol. The number of benzene rings is 1. The number of aliphatic hydroxyl groups excluding tert-OH is 1. The number of carbonyl (C=O) groups is 4. The van der Waals surface area contributed by atoms with Gasteiger partial charge in [0.1, 0.15) is 24.7 Å². The summed E-state index contributed by atoms with van der Waals surface area (Å²) in [4.78, 5) is 51.8. The van der Waals surface area contributed by atoms with Crippen molar-refractivity contribution in [1.29, 1.82) is 0 Å². The van der Waals surface area contributed by atoms with Crippen molar-refractivity contribution in [3.63, 3.8) is 0 Å². The van der Waals surface area contributed by atoms with Crippen LogP contribution in [0.3, 0.4) is 0 Å². The second-order valence-electron chi connectivity index (χ2n) is 8.22. The van der Waals surface area contributed by atoms with Crippen LogP contribution in [0.15, 0.2) is 30.5 Å². The molecule has 0 fully saturated rings. The van der Waals surface area contributed by atoms with Crippen LogP contribution in [0.2, 0.25) is 0 Å². The molecule has 2 aromatic rings. The molecule has 0 aliphatic rings. The van der Waals surface area contributed by atoms with Crippen molar-refractivity contribution in [3.8, 4) is 0 Å². The van der Waals surface area contributed by atoms with Crippen molar-refractivity contribution in [2.24, 2.45) is 11.7 Å². The highest BCUT2D eigenvalue weighted by molar-refractivity contribution is 5.94. The molecule has 1 aromatic heterocycles. The molecule has 0 aliphatic heterocycles. The van der Waals surface area contributed by atoms with Gasteiger partial charge >= 0.3 is 5.97 Å². The number of aliphatic hydroxyl groups is 1.